The molecule has 1 aliphatic carbocycles. The van der Waals surface area contributed by atoms with Crippen LogP contribution in [0.4, 0.5) is 111 Å². The summed E-state index contributed by atoms with van der Waals surface area (Å²) in [5.41, 5.74) is -14.7. The molecule has 0 spiro atoms. The van der Waals surface area contributed by atoms with Gasteiger partial charge < -0.3 is 31.2 Å². The second kappa shape index (κ2) is 20.3. The van der Waals surface area contributed by atoms with Crippen LogP contribution in [0.25, 0.3) is 0 Å². The average Bonchev–Trinajstić information content (AvgIpc) is 4.03. The SMILES string of the molecule is Nc1cccc(C(=O)Nc2c(Br)cc(C(F)(C(F)(F)F)C(F)(F)F)cc2OC(F)F)c1F.O=C(Nc1c(Br)cc(C(F)(C(F)(F)F)C(F)(F)F)cc1OC(F)F)c1cccc(NCC2CC2)c1F. The maximum Gasteiger partial charge on any atom is 0.435 e. The van der Waals surface area contributed by atoms with Gasteiger partial charge in [0.25, 0.3) is 11.8 Å². The van der Waals surface area contributed by atoms with Gasteiger partial charge in [-0.1, -0.05) is 12.1 Å². The van der Waals surface area contributed by atoms with Crippen LogP contribution < -0.4 is 31.2 Å². The first-order chi connectivity index (χ1) is 31.1. The molecular formula is C38H24Br2F20N4O4. The zero-order chi connectivity index (χ0) is 51.7. The number of ether oxygens (including phenoxy) is 2. The van der Waals surface area contributed by atoms with E-state index in [4.69, 9.17) is 5.73 Å². The van der Waals surface area contributed by atoms with Gasteiger partial charge in [-0.25, -0.2) is 17.6 Å². The minimum Gasteiger partial charge on any atom is -0.433 e. The van der Waals surface area contributed by atoms with Crippen molar-refractivity contribution in [3.05, 3.63) is 103 Å². The van der Waals surface area contributed by atoms with Crippen LogP contribution in [0.5, 0.6) is 11.5 Å². The van der Waals surface area contributed by atoms with Gasteiger partial charge in [0, 0.05) is 26.6 Å². The molecule has 0 atom stereocenters. The summed E-state index contributed by atoms with van der Waals surface area (Å²) in [5.74, 6) is -7.52. The Bertz CT molecular complexity index is 2470. The zero-order valence-electron chi connectivity index (χ0n) is 32.7. The smallest absolute Gasteiger partial charge is 0.433 e. The largest absolute Gasteiger partial charge is 0.435 e. The maximum atomic E-state index is 14.8. The normalized spacial score (nSPS) is 13.8. The first-order valence-electron chi connectivity index (χ1n) is 18.0. The molecule has 0 heterocycles. The second-order valence-electron chi connectivity index (χ2n) is 13.8. The number of carbonyl (C=O) groups is 2. The average molecular weight is 1140 g/mol. The third-order valence-corrected chi connectivity index (χ3v) is 10.4. The molecule has 4 aromatic carbocycles. The molecule has 0 aromatic heterocycles. The number of benzene rings is 4. The molecule has 0 radical (unpaired) electrons. The Morgan fingerprint density at radius 1 is 0.603 bits per heavy atom. The van der Waals surface area contributed by atoms with Crippen molar-refractivity contribution in [2.75, 3.05) is 28.2 Å². The van der Waals surface area contributed by atoms with Gasteiger partial charge in [-0.15, -0.1) is 0 Å². The van der Waals surface area contributed by atoms with Crippen molar-refractivity contribution in [3.63, 3.8) is 0 Å². The highest BCUT2D eigenvalue weighted by atomic mass is 79.9. The fourth-order valence-electron chi connectivity index (χ4n) is 5.66. The van der Waals surface area contributed by atoms with Crippen LogP contribution in [-0.4, -0.2) is 56.3 Å². The molecule has 4 aromatic rings. The van der Waals surface area contributed by atoms with Crippen LogP contribution in [0.3, 0.4) is 0 Å². The van der Waals surface area contributed by atoms with Crippen molar-refractivity contribution in [1.29, 1.82) is 0 Å². The summed E-state index contributed by atoms with van der Waals surface area (Å²) in [6.07, 6.45) is -24.3. The van der Waals surface area contributed by atoms with Crippen molar-refractivity contribution in [2.24, 2.45) is 5.92 Å². The first kappa shape index (κ1) is 55.2. The summed E-state index contributed by atoms with van der Waals surface area (Å²) in [6.45, 7) is -7.17. The molecule has 1 saturated carbocycles. The monoisotopic (exact) mass is 1140 g/mol. The fourth-order valence-corrected chi connectivity index (χ4v) is 6.75. The molecule has 8 nitrogen and oxygen atoms in total. The van der Waals surface area contributed by atoms with Gasteiger partial charge in [0.1, 0.15) is 0 Å². The van der Waals surface area contributed by atoms with E-state index in [2.05, 4.69) is 46.7 Å². The summed E-state index contributed by atoms with van der Waals surface area (Å²) >= 11 is 5.04. The van der Waals surface area contributed by atoms with E-state index >= 15 is 0 Å². The Hall–Kier alpha value is -5.42. The third-order valence-electron chi connectivity index (χ3n) is 9.17. The maximum absolute atomic E-state index is 14.8. The summed E-state index contributed by atoms with van der Waals surface area (Å²) in [7, 11) is 0. The summed E-state index contributed by atoms with van der Waals surface area (Å²) in [5, 5.41) is 6.50. The number of nitrogens with one attached hydrogen (secondary N) is 3. The summed E-state index contributed by atoms with van der Waals surface area (Å²) < 4.78 is 272. The predicted molar refractivity (Wildman–Crippen MR) is 206 cm³/mol. The molecule has 2 amide bonds. The summed E-state index contributed by atoms with van der Waals surface area (Å²) in [6, 6.07) is 6.10. The van der Waals surface area contributed by atoms with Gasteiger partial charge >= 0.3 is 49.3 Å². The lowest BCUT2D eigenvalue weighted by Crippen LogP contribution is -2.50. The van der Waals surface area contributed by atoms with Gasteiger partial charge in [0.2, 0.25) is 0 Å². The van der Waals surface area contributed by atoms with Crippen LogP contribution in [0.15, 0.2) is 69.6 Å². The van der Waals surface area contributed by atoms with Crippen LogP contribution in [0.2, 0.25) is 0 Å². The van der Waals surface area contributed by atoms with Crippen molar-refractivity contribution >= 4 is 66.4 Å². The number of hydrogen-bond donors (Lipinski definition) is 4. The van der Waals surface area contributed by atoms with Gasteiger partial charge in [0.05, 0.1) is 33.9 Å². The van der Waals surface area contributed by atoms with Gasteiger partial charge in [-0.2, -0.15) is 70.2 Å². The minimum absolute atomic E-state index is 0.00110. The molecule has 374 valence electrons. The van der Waals surface area contributed by atoms with E-state index in [1.165, 1.54) is 12.1 Å². The van der Waals surface area contributed by atoms with Crippen molar-refractivity contribution < 1.29 is 107 Å². The van der Waals surface area contributed by atoms with Crippen LogP contribution in [0.1, 0.15) is 44.7 Å². The number of rotatable bonds is 13. The molecule has 5 rings (SSSR count). The summed E-state index contributed by atoms with van der Waals surface area (Å²) in [4.78, 5) is 24.9. The molecule has 0 unspecified atom stereocenters. The molecule has 5 N–H and O–H groups in total. The number of halogens is 22. The number of nitrogen functional groups attached to an aromatic ring is 1. The number of amides is 2. The lowest BCUT2D eigenvalue weighted by Gasteiger charge is -2.31. The number of alkyl halides is 18. The molecule has 0 saturated heterocycles. The molecule has 1 fully saturated rings. The molecular weight excluding hydrogens is 1120 g/mol. The standard InChI is InChI=1S/C21H15BrF10N2O2.C17H9BrF10N2O2/c22-12-6-10(19(26,20(27,28)29)21(30,31)32)7-14(36-18(24)25)16(12)34-17(35)11-2-1-3-13(15(11)23)33-8-9-4-5-9;18-8-4-6(15(22,16(23,24)25)17(26,27)28)5-10(32-14(20)21)12(8)30-13(31)7-2-1-3-9(29)11(7)19/h1-3,6-7,9,18,33H,4-5,8H2,(H,34,35);1-5,14H,29H2,(H,30,31). The van der Waals surface area contributed by atoms with E-state index in [9.17, 15) is 97.4 Å². The van der Waals surface area contributed by atoms with E-state index in [-0.39, 0.29) is 30.0 Å². The number of carbonyl (C=O) groups excluding carboxylic acids is 2. The van der Waals surface area contributed by atoms with Crippen molar-refractivity contribution in [3.8, 4) is 11.5 Å². The Labute approximate surface area is 383 Å². The first-order valence-corrected chi connectivity index (χ1v) is 19.6. The van der Waals surface area contributed by atoms with Crippen LogP contribution >= 0.6 is 31.9 Å². The van der Waals surface area contributed by atoms with Gasteiger partial charge in [0.15, 0.2) is 23.1 Å². The predicted octanol–water partition coefficient (Wildman–Crippen LogP) is 13.9. The highest BCUT2D eigenvalue weighted by Crippen LogP contribution is 2.56. The second-order valence-corrected chi connectivity index (χ2v) is 15.5. The number of anilines is 4. The van der Waals surface area contributed by atoms with E-state index in [0.717, 1.165) is 37.1 Å². The highest BCUT2D eigenvalue weighted by Gasteiger charge is 2.74. The minimum atomic E-state index is -6.54. The van der Waals surface area contributed by atoms with E-state index in [1.807, 2.05) is 5.32 Å². The van der Waals surface area contributed by atoms with Crippen molar-refractivity contribution in [2.45, 2.75) is 62.1 Å². The van der Waals surface area contributed by atoms with Crippen LogP contribution in [0, 0.1) is 17.6 Å². The van der Waals surface area contributed by atoms with E-state index < -0.39 is 132 Å². The third kappa shape index (κ3) is 11.9. The number of hydrogen-bond acceptors (Lipinski definition) is 6. The zero-order valence-corrected chi connectivity index (χ0v) is 35.8. The van der Waals surface area contributed by atoms with E-state index in [0.29, 0.717) is 12.5 Å². The highest BCUT2D eigenvalue weighted by molar-refractivity contribution is 9.11. The Morgan fingerprint density at radius 2 is 0.971 bits per heavy atom. The molecule has 0 bridgehead atoms. The lowest BCUT2D eigenvalue weighted by molar-refractivity contribution is -0.349. The lowest BCUT2D eigenvalue weighted by atomic mass is 9.93. The van der Waals surface area contributed by atoms with Gasteiger partial charge in [-0.3, -0.25) is 9.59 Å². The van der Waals surface area contributed by atoms with E-state index in [1.54, 1.807) is 5.32 Å². The number of nitrogens with two attached hydrogens (primary N) is 1. The van der Waals surface area contributed by atoms with Crippen molar-refractivity contribution in [1.82, 2.24) is 0 Å². The molecule has 30 heteroatoms. The quantitative estimate of drug-likeness (QED) is 0.0783. The molecule has 68 heavy (non-hydrogen) atoms. The Morgan fingerprint density at radius 3 is 1.32 bits per heavy atom. The Balaban J connectivity index is 0.000000299. The van der Waals surface area contributed by atoms with Gasteiger partial charge in [-0.05, 0) is 99.2 Å². The topological polar surface area (TPSA) is 115 Å². The fraction of sp³-hybridized carbons (Fsp3) is 0.316. The Kier molecular flexibility index (Phi) is 16.5. The molecule has 0 aliphatic heterocycles. The van der Waals surface area contributed by atoms with Crippen LogP contribution in [-0.2, 0) is 11.3 Å². The molecule has 1 aliphatic rings.